The van der Waals surface area contributed by atoms with Crippen LogP contribution in [0.4, 0.5) is 19.7 Å². The average Bonchev–Trinajstić information content (AvgIpc) is 3.83. The smallest absolute Gasteiger partial charge is 0.410 e. The maximum absolute atomic E-state index is 14.9. The lowest BCUT2D eigenvalue weighted by atomic mass is 9.99. The van der Waals surface area contributed by atoms with Crippen molar-refractivity contribution in [2.75, 3.05) is 57.3 Å². The number of thiophene rings is 1. The number of carbonyl (C=O) groups is 3. The Morgan fingerprint density at radius 1 is 0.684 bits per heavy atom. The summed E-state index contributed by atoms with van der Waals surface area (Å²) in [5.74, 6) is 0.641. The van der Waals surface area contributed by atoms with Crippen LogP contribution >= 0.6 is 11.3 Å². The Balaban J connectivity index is 0.989. The lowest BCUT2D eigenvalue weighted by molar-refractivity contribution is 0.0237. The summed E-state index contributed by atoms with van der Waals surface area (Å²) in [4.78, 5) is 46.5. The Morgan fingerprint density at radius 3 is 2.05 bits per heavy atom. The van der Waals surface area contributed by atoms with Gasteiger partial charge >= 0.3 is 12.2 Å². The van der Waals surface area contributed by atoms with E-state index in [0.29, 0.717) is 94.4 Å². The highest BCUT2D eigenvalue weighted by atomic mass is 32.1. The van der Waals surface area contributed by atoms with Gasteiger partial charge in [-0.15, -0.1) is 11.3 Å². The first-order valence-corrected chi connectivity index (χ1v) is 20.7. The minimum absolute atomic E-state index is 0.0750. The standard InChI is InChI=1S/C44H53FN4O7S/c1-43(2,3)55-41(51)48-20-18-46(19-21-48)33-25-32(45)26-36(27-33)53-34-11-15-47(16-12-34)40(50)31-9-10-38(37(23-31)30-8-7-29-14-22-57-39(29)24-30)54-35-13-17-49(28-35)42(52)56-44(4,5)6/h7-10,14,22-27,34-35H,11-13,15-21,28H2,1-6H3/t35-/m0/s1. The number of hydrogen-bond donors (Lipinski definition) is 0. The van der Waals surface area contributed by atoms with Crippen LogP contribution in [-0.2, 0) is 9.47 Å². The highest BCUT2D eigenvalue weighted by Crippen LogP contribution is 2.37. The number of halogens is 1. The molecule has 3 aromatic carbocycles. The summed E-state index contributed by atoms with van der Waals surface area (Å²) in [6, 6.07) is 18.7. The zero-order valence-electron chi connectivity index (χ0n) is 33.7. The highest BCUT2D eigenvalue weighted by Gasteiger charge is 2.32. The van der Waals surface area contributed by atoms with Gasteiger partial charge in [0, 0.05) is 98.7 Å². The minimum atomic E-state index is -0.579. The molecule has 0 bridgehead atoms. The molecule has 0 N–H and O–H groups in total. The highest BCUT2D eigenvalue weighted by molar-refractivity contribution is 7.17. The molecule has 3 fully saturated rings. The van der Waals surface area contributed by atoms with Crippen molar-refractivity contribution >= 4 is 45.2 Å². The van der Waals surface area contributed by atoms with E-state index in [9.17, 15) is 18.8 Å². The van der Waals surface area contributed by atoms with Crippen molar-refractivity contribution in [1.82, 2.24) is 14.7 Å². The second-order valence-corrected chi connectivity index (χ2v) is 18.0. The number of anilines is 1. The summed E-state index contributed by atoms with van der Waals surface area (Å²) >= 11 is 1.66. The minimum Gasteiger partial charge on any atom is -0.490 e. The third-order valence-corrected chi connectivity index (χ3v) is 11.1. The molecule has 7 rings (SSSR count). The number of piperazine rings is 1. The number of hydrogen-bond acceptors (Lipinski definition) is 9. The quantitative estimate of drug-likeness (QED) is 0.183. The molecule has 0 aliphatic carbocycles. The molecular formula is C44H53FN4O7S. The zero-order valence-corrected chi connectivity index (χ0v) is 34.5. The van der Waals surface area contributed by atoms with E-state index in [0.717, 1.165) is 21.2 Å². The molecule has 1 aromatic heterocycles. The molecule has 1 atom stereocenters. The molecule has 4 aromatic rings. The second kappa shape index (κ2) is 16.4. The lowest BCUT2D eigenvalue weighted by Crippen LogP contribution is -2.50. The Hall–Kier alpha value is -5.04. The van der Waals surface area contributed by atoms with Gasteiger partial charge in [0.15, 0.2) is 0 Å². The topological polar surface area (TPSA) is 101 Å². The number of fused-ring (bicyclic) bond motifs is 1. The number of benzene rings is 3. The van der Waals surface area contributed by atoms with Gasteiger partial charge in [-0.05, 0) is 94.3 Å². The van der Waals surface area contributed by atoms with E-state index in [1.165, 1.54) is 12.1 Å². The van der Waals surface area contributed by atoms with Crippen molar-refractivity contribution < 1.29 is 37.7 Å². The van der Waals surface area contributed by atoms with Crippen molar-refractivity contribution in [2.24, 2.45) is 0 Å². The summed E-state index contributed by atoms with van der Waals surface area (Å²) in [6.45, 7) is 15.1. The monoisotopic (exact) mass is 800 g/mol. The van der Waals surface area contributed by atoms with E-state index in [1.54, 1.807) is 21.1 Å². The molecule has 304 valence electrons. The van der Waals surface area contributed by atoms with Crippen molar-refractivity contribution in [3.05, 3.63) is 77.4 Å². The fourth-order valence-corrected chi connectivity index (χ4v) is 8.26. The van der Waals surface area contributed by atoms with E-state index in [-0.39, 0.29) is 36.1 Å². The van der Waals surface area contributed by atoms with Gasteiger partial charge < -0.3 is 38.5 Å². The van der Waals surface area contributed by atoms with E-state index in [4.69, 9.17) is 18.9 Å². The number of likely N-dealkylation sites (tertiary alicyclic amines) is 2. The van der Waals surface area contributed by atoms with Gasteiger partial charge in [0.1, 0.15) is 40.7 Å². The van der Waals surface area contributed by atoms with Crippen LogP contribution in [0.15, 0.2) is 66.0 Å². The fourth-order valence-electron chi connectivity index (χ4n) is 7.43. The lowest BCUT2D eigenvalue weighted by Gasteiger charge is -2.37. The number of rotatable bonds is 7. The third kappa shape index (κ3) is 10.1. The Kier molecular flexibility index (Phi) is 11.6. The van der Waals surface area contributed by atoms with Gasteiger partial charge in [0.25, 0.3) is 5.91 Å². The van der Waals surface area contributed by atoms with Crippen molar-refractivity contribution in [3.8, 4) is 22.6 Å². The van der Waals surface area contributed by atoms with Gasteiger partial charge in [-0.25, -0.2) is 14.0 Å². The molecule has 3 aliphatic rings. The summed E-state index contributed by atoms with van der Waals surface area (Å²) < 4.78 is 40.0. The van der Waals surface area contributed by atoms with Crippen LogP contribution in [-0.4, -0.2) is 109 Å². The number of carbonyl (C=O) groups excluding carboxylic acids is 3. The van der Waals surface area contributed by atoms with Crippen LogP contribution in [0.2, 0.25) is 0 Å². The van der Waals surface area contributed by atoms with Crippen molar-refractivity contribution in [3.63, 3.8) is 0 Å². The third-order valence-electron chi connectivity index (χ3n) is 10.3. The molecule has 3 amide bonds. The Labute approximate surface area is 338 Å². The van der Waals surface area contributed by atoms with Gasteiger partial charge in [0.05, 0.1) is 6.54 Å². The van der Waals surface area contributed by atoms with Gasteiger partial charge in [0.2, 0.25) is 0 Å². The van der Waals surface area contributed by atoms with Gasteiger partial charge in [-0.1, -0.05) is 12.1 Å². The number of nitrogens with zero attached hydrogens (tertiary/aromatic N) is 4. The largest absolute Gasteiger partial charge is 0.490 e. The van der Waals surface area contributed by atoms with Crippen LogP contribution in [0.5, 0.6) is 11.5 Å². The zero-order chi connectivity index (χ0) is 40.5. The predicted octanol–water partition coefficient (Wildman–Crippen LogP) is 8.84. The molecule has 0 saturated carbocycles. The number of piperidine rings is 1. The van der Waals surface area contributed by atoms with Crippen LogP contribution < -0.4 is 14.4 Å². The summed E-state index contributed by atoms with van der Waals surface area (Å²) in [6.07, 6.45) is 0.792. The fraction of sp³-hybridized carbons (Fsp3) is 0.477. The second-order valence-electron chi connectivity index (χ2n) is 17.0. The van der Waals surface area contributed by atoms with Crippen LogP contribution in [0, 0.1) is 5.82 Å². The summed E-state index contributed by atoms with van der Waals surface area (Å²) in [5, 5.41) is 3.22. The summed E-state index contributed by atoms with van der Waals surface area (Å²) in [5.41, 5.74) is 1.89. The van der Waals surface area contributed by atoms with Crippen LogP contribution in [0.3, 0.4) is 0 Å². The Bertz CT molecular complexity index is 2090. The molecule has 13 heteroatoms. The molecule has 3 aliphatic heterocycles. The first-order chi connectivity index (χ1) is 27.1. The van der Waals surface area contributed by atoms with E-state index in [1.807, 2.05) is 75.6 Å². The number of amides is 3. The van der Waals surface area contributed by atoms with E-state index in [2.05, 4.69) is 29.6 Å². The number of ether oxygens (including phenoxy) is 4. The maximum Gasteiger partial charge on any atom is 0.410 e. The first kappa shape index (κ1) is 40.2. The van der Waals surface area contributed by atoms with Gasteiger partial charge in [-0.2, -0.15) is 0 Å². The summed E-state index contributed by atoms with van der Waals surface area (Å²) in [7, 11) is 0. The predicted molar refractivity (Wildman–Crippen MR) is 220 cm³/mol. The molecular weight excluding hydrogens is 748 g/mol. The molecule has 0 radical (unpaired) electrons. The normalized spacial score (nSPS) is 18.2. The van der Waals surface area contributed by atoms with Crippen LogP contribution in [0.1, 0.15) is 71.2 Å². The average molecular weight is 801 g/mol. The van der Waals surface area contributed by atoms with Crippen molar-refractivity contribution in [1.29, 1.82) is 0 Å². The molecule has 57 heavy (non-hydrogen) atoms. The molecule has 11 nitrogen and oxygen atoms in total. The van der Waals surface area contributed by atoms with Crippen LogP contribution in [0.25, 0.3) is 21.2 Å². The molecule has 4 heterocycles. The maximum atomic E-state index is 14.9. The molecule has 3 saturated heterocycles. The molecule has 0 unspecified atom stereocenters. The van der Waals surface area contributed by atoms with E-state index < -0.39 is 11.2 Å². The Morgan fingerprint density at radius 2 is 1.35 bits per heavy atom. The SMILES string of the molecule is CC(C)(C)OC(=O)N1CCN(c2cc(F)cc(OC3CCN(C(=O)c4ccc(O[C@H]5CCN(C(=O)OC(C)(C)C)C5)c(-c5ccc6ccsc6c5)c4)CC3)c2)CC1. The first-order valence-electron chi connectivity index (χ1n) is 19.8. The van der Waals surface area contributed by atoms with E-state index >= 15 is 0 Å². The van der Waals surface area contributed by atoms with Gasteiger partial charge in [-0.3, -0.25) is 4.79 Å². The van der Waals surface area contributed by atoms with Crippen molar-refractivity contribution in [2.45, 2.75) is 84.2 Å². The molecule has 0 spiro atoms.